The molecule has 1 aliphatic rings. The molecule has 0 N–H and O–H groups in total. The standard InChI is InChI=1S/C36H72N2/c1-4-7-10-13-15-16-17-18-19-20-21-22-23-25-27-30-33-38-35-34-37(36(38)31-28-12-9-6-3)32-29-26-24-14-11-8-5-2/h34-36H,4-33H2,1-3H3. The van der Waals surface area contributed by atoms with Crippen molar-refractivity contribution >= 4 is 0 Å². The highest BCUT2D eigenvalue weighted by molar-refractivity contribution is 4.97. The Labute approximate surface area is 241 Å². The van der Waals surface area contributed by atoms with Gasteiger partial charge in [0.2, 0.25) is 0 Å². The number of hydrogen-bond acceptors (Lipinski definition) is 2. The summed E-state index contributed by atoms with van der Waals surface area (Å²) in [5.41, 5.74) is 0. The largest absolute Gasteiger partial charge is 0.356 e. The van der Waals surface area contributed by atoms with Crippen LogP contribution in [0, 0.1) is 0 Å². The molecule has 0 saturated heterocycles. The van der Waals surface area contributed by atoms with Gasteiger partial charge in [0, 0.05) is 25.5 Å². The maximum absolute atomic E-state index is 2.69. The third-order valence-electron chi connectivity index (χ3n) is 8.82. The van der Waals surface area contributed by atoms with Gasteiger partial charge in [-0.25, -0.2) is 0 Å². The smallest absolute Gasteiger partial charge is 0.101 e. The van der Waals surface area contributed by atoms with E-state index in [1.807, 2.05) is 0 Å². The summed E-state index contributed by atoms with van der Waals surface area (Å²) in [7, 11) is 0. The second-order valence-corrected chi connectivity index (χ2v) is 12.5. The Morgan fingerprint density at radius 1 is 0.342 bits per heavy atom. The number of hydrogen-bond donors (Lipinski definition) is 0. The maximum Gasteiger partial charge on any atom is 0.101 e. The normalized spacial score (nSPS) is 15.3. The highest BCUT2D eigenvalue weighted by Gasteiger charge is 2.24. The molecule has 1 rings (SSSR count). The molecule has 0 spiro atoms. The molecule has 2 nitrogen and oxygen atoms in total. The lowest BCUT2D eigenvalue weighted by Crippen LogP contribution is -2.39. The van der Waals surface area contributed by atoms with Crippen LogP contribution in [0.15, 0.2) is 12.4 Å². The van der Waals surface area contributed by atoms with E-state index in [1.165, 1.54) is 193 Å². The lowest BCUT2D eigenvalue weighted by atomic mass is 10.0. The van der Waals surface area contributed by atoms with Gasteiger partial charge in [0.25, 0.3) is 0 Å². The monoisotopic (exact) mass is 533 g/mol. The van der Waals surface area contributed by atoms with Crippen molar-refractivity contribution in [1.82, 2.24) is 9.80 Å². The maximum atomic E-state index is 2.69. The Bertz CT molecular complexity index is 488. The van der Waals surface area contributed by atoms with Crippen LogP contribution >= 0.6 is 0 Å². The third kappa shape index (κ3) is 20.3. The number of nitrogens with zero attached hydrogens (tertiary/aromatic N) is 2. The highest BCUT2D eigenvalue weighted by Crippen LogP contribution is 2.24. The van der Waals surface area contributed by atoms with Crippen LogP contribution in [0.5, 0.6) is 0 Å². The van der Waals surface area contributed by atoms with Crippen molar-refractivity contribution in [3.05, 3.63) is 12.4 Å². The molecular weight excluding hydrogens is 460 g/mol. The Kier molecular flexibility index (Phi) is 26.0. The van der Waals surface area contributed by atoms with E-state index in [9.17, 15) is 0 Å². The van der Waals surface area contributed by atoms with Crippen molar-refractivity contribution in [3.63, 3.8) is 0 Å². The second kappa shape index (κ2) is 27.9. The predicted octanol–water partition coefficient (Wildman–Crippen LogP) is 12.4. The average molecular weight is 533 g/mol. The summed E-state index contributed by atoms with van der Waals surface area (Å²) in [4.78, 5) is 5.38. The zero-order valence-electron chi connectivity index (χ0n) is 26.8. The number of unbranched alkanes of at least 4 members (excludes halogenated alkanes) is 24. The van der Waals surface area contributed by atoms with E-state index in [-0.39, 0.29) is 0 Å². The molecule has 0 aromatic rings. The molecule has 1 aliphatic heterocycles. The van der Waals surface area contributed by atoms with Gasteiger partial charge in [0.05, 0.1) is 0 Å². The summed E-state index contributed by atoms with van der Waals surface area (Å²) in [6, 6.07) is 0. The lowest BCUT2D eigenvalue weighted by Gasteiger charge is -2.33. The SMILES string of the molecule is CCCCCCCCCCCCCCCCCCN1C=CN(CCCCCCCCC)C1CCCCCC. The van der Waals surface area contributed by atoms with Gasteiger partial charge >= 0.3 is 0 Å². The summed E-state index contributed by atoms with van der Waals surface area (Å²) >= 11 is 0. The van der Waals surface area contributed by atoms with Crippen molar-refractivity contribution in [2.75, 3.05) is 13.1 Å². The zero-order chi connectivity index (χ0) is 27.4. The van der Waals surface area contributed by atoms with E-state index < -0.39 is 0 Å². The zero-order valence-corrected chi connectivity index (χ0v) is 26.8. The first-order valence-corrected chi connectivity index (χ1v) is 18.0. The van der Waals surface area contributed by atoms with E-state index in [0.717, 1.165) is 0 Å². The summed E-state index contributed by atoms with van der Waals surface area (Å²) in [6.45, 7) is 9.47. The molecule has 0 aromatic heterocycles. The fourth-order valence-electron chi connectivity index (χ4n) is 6.19. The van der Waals surface area contributed by atoms with E-state index in [0.29, 0.717) is 6.17 Å². The predicted molar refractivity (Wildman–Crippen MR) is 173 cm³/mol. The molecule has 1 unspecified atom stereocenters. The van der Waals surface area contributed by atoms with Crippen LogP contribution in [0.2, 0.25) is 0 Å². The quantitative estimate of drug-likeness (QED) is 0.0848. The average Bonchev–Trinajstić information content (AvgIpc) is 3.31. The van der Waals surface area contributed by atoms with Crippen molar-refractivity contribution in [3.8, 4) is 0 Å². The summed E-state index contributed by atoms with van der Waals surface area (Å²) in [5.74, 6) is 0. The van der Waals surface area contributed by atoms with Crippen molar-refractivity contribution in [2.24, 2.45) is 0 Å². The van der Waals surface area contributed by atoms with Gasteiger partial charge in [0.15, 0.2) is 0 Å². The molecule has 226 valence electrons. The van der Waals surface area contributed by atoms with Crippen molar-refractivity contribution in [2.45, 2.75) is 207 Å². The molecular formula is C36H72N2. The lowest BCUT2D eigenvalue weighted by molar-refractivity contribution is 0.135. The molecule has 0 fully saturated rings. The molecule has 1 heterocycles. The van der Waals surface area contributed by atoms with E-state index >= 15 is 0 Å². The Morgan fingerprint density at radius 3 is 0.921 bits per heavy atom. The molecule has 38 heavy (non-hydrogen) atoms. The molecule has 0 saturated carbocycles. The molecule has 1 atom stereocenters. The number of rotatable bonds is 30. The topological polar surface area (TPSA) is 6.48 Å². The van der Waals surface area contributed by atoms with E-state index in [1.54, 1.807) is 0 Å². The minimum absolute atomic E-state index is 0.642. The first-order chi connectivity index (χ1) is 18.8. The summed E-state index contributed by atoms with van der Waals surface area (Å²) < 4.78 is 0. The van der Waals surface area contributed by atoms with Gasteiger partial charge in [-0.05, 0) is 25.7 Å². The first-order valence-electron chi connectivity index (χ1n) is 18.0. The molecule has 0 amide bonds. The van der Waals surface area contributed by atoms with Crippen LogP contribution in [0.4, 0.5) is 0 Å². The van der Waals surface area contributed by atoms with Crippen LogP contribution in [0.3, 0.4) is 0 Å². The molecule has 2 heteroatoms. The Morgan fingerprint density at radius 2 is 0.605 bits per heavy atom. The Balaban J connectivity index is 2.06. The van der Waals surface area contributed by atoms with Crippen molar-refractivity contribution < 1.29 is 0 Å². The molecule has 0 radical (unpaired) electrons. The minimum Gasteiger partial charge on any atom is -0.356 e. The van der Waals surface area contributed by atoms with Gasteiger partial charge in [-0.1, -0.05) is 175 Å². The van der Waals surface area contributed by atoms with Crippen LogP contribution in [0.1, 0.15) is 201 Å². The fraction of sp³-hybridized carbons (Fsp3) is 0.944. The van der Waals surface area contributed by atoms with Crippen LogP contribution in [-0.4, -0.2) is 29.1 Å². The van der Waals surface area contributed by atoms with Gasteiger partial charge < -0.3 is 9.80 Å². The summed E-state index contributed by atoms with van der Waals surface area (Å²) in [5, 5.41) is 0. The van der Waals surface area contributed by atoms with Crippen molar-refractivity contribution in [1.29, 1.82) is 0 Å². The fourth-order valence-corrected chi connectivity index (χ4v) is 6.19. The van der Waals surface area contributed by atoms with Crippen LogP contribution in [-0.2, 0) is 0 Å². The van der Waals surface area contributed by atoms with Crippen LogP contribution in [0.25, 0.3) is 0 Å². The van der Waals surface area contributed by atoms with E-state index in [4.69, 9.17) is 0 Å². The van der Waals surface area contributed by atoms with E-state index in [2.05, 4.69) is 43.0 Å². The third-order valence-corrected chi connectivity index (χ3v) is 8.82. The molecule has 0 aliphatic carbocycles. The second-order valence-electron chi connectivity index (χ2n) is 12.5. The minimum atomic E-state index is 0.642. The van der Waals surface area contributed by atoms with Gasteiger partial charge in [-0.15, -0.1) is 0 Å². The van der Waals surface area contributed by atoms with Crippen LogP contribution < -0.4 is 0 Å². The Hall–Kier alpha value is -0.660. The van der Waals surface area contributed by atoms with Gasteiger partial charge in [0.1, 0.15) is 6.17 Å². The summed E-state index contributed by atoms with van der Waals surface area (Å²) in [6.07, 6.45) is 45.5. The molecule has 0 bridgehead atoms. The first kappa shape index (κ1) is 35.4. The highest BCUT2D eigenvalue weighted by atomic mass is 15.4. The van der Waals surface area contributed by atoms with Gasteiger partial charge in [-0.2, -0.15) is 0 Å². The van der Waals surface area contributed by atoms with Gasteiger partial charge in [-0.3, -0.25) is 0 Å². The molecule has 0 aromatic carbocycles.